The molecule has 0 fully saturated rings. The molecule has 0 unspecified atom stereocenters. The van der Waals surface area contributed by atoms with Crippen LogP contribution >= 0.6 is 0 Å². The number of benzene rings is 2. The van der Waals surface area contributed by atoms with Crippen molar-refractivity contribution in [3.05, 3.63) is 47.5 Å². The number of carbonyl (C=O) groups excluding carboxylic acids is 2. The third kappa shape index (κ3) is 6.24. The fourth-order valence-corrected chi connectivity index (χ4v) is 2.73. The van der Waals surface area contributed by atoms with Crippen molar-refractivity contribution in [3.8, 4) is 11.5 Å². The minimum absolute atomic E-state index is 0.0999. The molecule has 0 saturated carbocycles. The Morgan fingerprint density at radius 3 is 2.31 bits per heavy atom. The van der Waals surface area contributed by atoms with E-state index in [1.165, 1.54) is 7.11 Å². The summed E-state index contributed by atoms with van der Waals surface area (Å²) in [5.74, 6) is 0.966. The lowest BCUT2D eigenvalue weighted by Crippen LogP contribution is -2.21. The number of ether oxygens (including phenoxy) is 2. The Hall–Kier alpha value is -3.02. The van der Waals surface area contributed by atoms with Gasteiger partial charge in [0, 0.05) is 17.7 Å². The second kappa shape index (κ2) is 9.96. The Bertz CT molecular complexity index is 875. The van der Waals surface area contributed by atoms with Crippen molar-refractivity contribution in [3.63, 3.8) is 0 Å². The Kier molecular flexibility index (Phi) is 7.65. The fourth-order valence-electron chi connectivity index (χ4n) is 2.73. The molecule has 0 aliphatic carbocycles. The first-order valence-corrected chi connectivity index (χ1v) is 9.73. The summed E-state index contributed by atoms with van der Waals surface area (Å²) in [5, 5.41) is 5.61. The predicted molar refractivity (Wildman–Crippen MR) is 116 cm³/mol. The third-order valence-electron chi connectivity index (χ3n) is 4.42. The van der Waals surface area contributed by atoms with Crippen molar-refractivity contribution < 1.29 is 19.1 Å². The van der Waals surface area contributed by atoms with Gasteiger partial charge in [-0.1, -0.05) is 39.8 Å². The maximum absolute atomic E-state index is 12.4. The molecule has 0 aliphatic heterocycles. The van der Waals surface area contributed by atoms with Gasteiger partial charge in [-0.2, -0.15) is 0 Å². The van der Waals surface area contributed by atoms with E-state index in [9.17, 15) is 9.59 Å². The van der Waals surface area contributed by atoms with Crippen LogP contribution in [0.4, 0.5) is 11.4 Å². The molecule has 0 aliphatic rings. The second-order valence-corrected chi connectivity index (χ2v) is 7.59. The van der Waals surface area contributed by atoms with E-state index in [0.29, 0.717) is 23.0 Å². The zero-order chi connectivity index (χ0) is 21.6. The monoisotopic (exact) mass is 398 g/mol. The van der Waals surface area contributed by atoms with Crippen molar-refractivity contribution >= 4 is 23.2 Å². The SMILES string of the molecule is COc1cc(NC(=O)COc2cc(C)ccc2C(C)C)ccc1NC(=O)C(C)C. The number of carbonyl (C=O) groups is 2. The van der Waals surface area contributed by atoms with Crippen molar-refractivity contribution in [2.24, 2.45) is 5.92 Å². The lowest BCUT2D eigenvalue weighted by Gasteiger charge is -2.16. The highest BCUT2D eigenvalue weighted by atomic mass is 16.5. The van der Waals surface area contributed by atoms with Crippen LogP contribution in [-0.4, -0.2) is 25.5 Å². The van der Waals surface area contributed by atoms with Crippen molar-refractivity contribution in [1.29, 1.82) is 0 Å². The summed E-state index contributed by atoms with van der Waals surface area (Å²) in [5.41, 5.74) is 3.26. The van der Waals surface area contributed by atoms with E-state index in [1.807, 2.05) is 39.0 Å². The molecule has 2 N–H and O–H groups in total. The molecule has 0 heterocycles. The summed E-state index contributed by atoms with van der Waals surface area (Å²) < 4.78 is 11.1. The van der Waals surface area contributed by atoms with Crippen molar-refractivity contribution in [2.75, 3.05) is 24.4 Å². The molecule has 0 aromatic heterocycles. The molecular formula is C23H30N2O4. The number of amides is 2. The summed E-state index contributed by atoms with van der Waals surface area (Å²) >= 11 is 0. The van der Waals surface area contributed by atoms with Gasteiger partial charge in [-0.3, -0.25) is 9.59 Å². The largest absolute Gasteiger partial charge is 0.494 e. The molecule has 6 nitrogen and oxygen atoms in total. The van der Waals surface area contributed by atoms with E-state index in [1.54, 1.807) is 18.2 Å². The molecule has 156 valence electrons. The van der Waals surface area contributed by atoms with Crippen LogP contribution in [0.1, 0.15) is 44.7 Å². The van der Waals surface area contributed by atoms with Crippen LogP contribution in [0, 0.1) is 12.8 Å². The summed E-state index contributed by atoms with van der Waals surface area (Å²) in [7, 11) is 1.51. The molecule has 2 aromatic rings. The van der Waals surface area contributed by atoms with Gasteiger partial charge in [0.1, 0.15) is 11.5 Å². The van der Waals surface area contributed by atoms with Crippen LogP contribution in [0.15, 0.2) is 36.4 Å². The summed E-state index contributed by atoms with van der Waals surface area (Å²) in [6, 6.07) is 11.1. The standard InChI is InChI=1S/C23H30N2O4/c1-14(2)18-9-7-16(5)11-20(18)29-13-22(26)24-17-8-10-19(21(12-17)28-6)25-23(27)15(3)4/h7-12,14-15H,13H2,1-6H3,(H,24,26)(H,25,27). The van der Waals surface area contributed by atoms with Crippen LogP contribution < -0.4 is 20.1 Å². The van der Waals surface area contributed by atoms with Gasteiger partial charge < -0.3 is 20.1 Å². The van der Waals surface area contributed by atoms with E-state index < -0.39 is 0 Å². The van der Waals surface area contributed by atoms with E-state index >= 15 is 0 Å². The first-order chi connectivity index (χ1) is 13.7. The van der Waals surface area contributed by atoms with Crippen molar-refractivity contribution in [2.45, 2.75) is 40.5 Å². The highest BCUT2D eigenvalue weighted by Crippen LogP contribution is 2.29. The van der Waals surface area contributed by atoms with Crippen LogP contribution in [-0.2, 0) is 9.59 Å². The first kappa shape index (κ1) is 22.3. The number of nitrogens with one attached hydrogen (secondary N) is 2. The Morgan fingerprint density at radius 2 is 1.69 bits per heavy atom. The predicted octanol–water partition coefficient (Wildman–Crippen LogP) is 4.74. The average molecular weight is 399 g/mol. The number of hydrogen-bond donors (Lipinski definition) is 2. The number of rotatable bonds is 8. The van der Waals surface area contributed by atoms with Gasteiger partial charge in [0.05, 0.1) is 12.8 Å². The average Bonchev–Trinajstić information content (AvgIpc) is 2.67. The Balaban J connectivity index is 2.04. The maximum atomic E-state index is 12.4. The Morgan fingerprint density at radius 1 is 0.966 bits per heavy atom. The highest BCUT2D eigenvalue weighted by Gasteiger charge is 2.13. The van der Waals surface area contributed by atoms with Crippen LogP contribution in [0.2, 0.25) is 0 Å². The van der Waals surface area contributed by atoms with Crippen LogP contribution in [0.3, 0.4) is 0 Å². The number of methoxy groups -OCH3 is 1. The summed E-state index contributed by atoms with van der Waals surface area (Å²) in [6.45, 7) is 9.69. The topological polar surface area (TPSA) is 76.7 Å². The Labute approximate surface area is 172 Å². The van der Waals surface area contributed by atoms with Crippen LogP contribution in [0.25, 0.3) is 0 Å². The number of anilines is 2. The molecule has 2 aromatic carbocycles. The van der Waals surface area contributed by atoms with Gasteiger partial charge >= 0.3 is 0 Å². The third-order valence-corrected chi connectivity index (χ3v) is 4.42. The van der Waals surface area contributed by atoms with Gasteiger partial charge in [0.2, 0.25) is 5.91 Å². The molecule has 6 heteroatoms. The molecule has 2 rings (SSSR count). The molecule has 0 bridgehead atoms. The van der Waals surface area contributed by atoms with Crippen molar-refractivity contribution in [1.82, 2.24) is 0 Å². The zero-order valence-electron chi connectivity index (χ0n) is 18.0. The molecule has 0 spiro atoms. The van der Waals surface area contributed by atoms with E-state index in [4.69, 9.17) is 9.47 Å². The van der Waals surface area contributed by atoms with Gasteiger partial charge in [0.15, 0.2) is 6.61 Å². The highest BCUT2D eigenvalue weighted by molar-refractivity contribution is 5.95. The molecule has 29 heavy (non-hydrogen) atoms. The van der Waals surface area contributed by atoms with Gasteiger partial charge in [-0.15, -0.1) is 0 Å². The maximum Gasteiger partial charge on any atom is 0.262 e. The quantitative estimate of drug-likeness (QED) is 0.673. The second-order valence-electron chi connectivity index (χ2n) is 7.59. The summed E-state index contributed by atoms with van der Waals surface area (Å²) in [6.07, 6.45) is 0. The van der Waals surface area contributed by atoms with Crippen LogP contribution in [0.5, 0.6) is 11.5 Å². The lowest BCUT2D eigenvalue weighted by molar-refractivity contribution is -0.119. The molecular weight excluding hydrogens is 368 g/mol. The zero-order valence-corrected chi connectivity index (χ0v) is 18.0. The molecule has 2 amide bonds. The summed E-state index contributed by atoms with van der Waals surface area (Å²) in [4.78, 5) is 24.3. The number of hydrogen-bond acceptors (Lipinski definition) is 4. The van der Waals surface area contributed by atoms with Gasteiger partial charge in [-0.25, -0.2) is 0 Å². The normalized spacial score (nSPS) is 10.8. The van der Waals surface area contributed by atoms with E-state index in [-0.39, 0.29) is 24.3 Å². The minimum atomic E-state index is -0.276. The molecule has 0 radical (unpaired) electrons. The molecule has 0 saturated heterocycles. The van der Waals surface area contributed by atoms with E-state index in [0.717, 1.165) is 16.9 Å². The number of aryl methyl sites for hydroxylation is 1. The van der Waals surface area contributed by atoms with Gasteiger partial charge in [0.25, 0.3) is 5.91 Å². The lowest BCUT2D eigenvalue weighted by atomic mass is 10.0. The van der Waals surface area contributed by atoms with Gasteiger partial charge in [-0.05, 0) is 42.2 Å². The molecule has 0 atom stereocenters. The fraction of sp³-hybridized carbons (Fsp3) is 0.391. The first-order valence-electron chi connectivity index (χ1n) is 9.73. The van der Waals surface area contributed by atoms with E-state index in [2.05, 4.69) is 24.5 Å². The smallest absolute Gasteiger partial charge is 0.262 e. The minimum Gasteiger partial charge on any atom is -0.494 e.